The fraction of sp³-hybridized carbons (Fsp3) is 0.900. The summed E-state index contributed by atoms with van der Waals surface area (Å²) in [6.45, 7) is 0.734. The molecule has 86 valence electrons. The number of hydrogen-bond donors (Lipinski definition) is 0. The first kappa shape index (κ1) is 12.3. The molecule has 1 atom stereocenters. The molecule has 0 saturated carbocycles. The van der Waals surface area contributed by atoms with Crippen molar-refractivity contribution in [2.24, 2.45) is 0 Å². The molecule has 1 heterocycles. The van der Waals surface area contributed by atoms with Gasteiger partial charge >= 0.3 is 6.18 Å². The van der Waals surface area contributed by atoms with Gasteiger partial charge in [0.15, 0.2) is 0 Å². The third-order valence-corrected chi connectivity index (χ3v) is 2.76. The van der Waals surface area contributed by atoms with Gasteiger partial charge in [-0.15, -0.1) is 0 Å². The van der Waals surface area contributed by atoms with Crippen molar-refractivity contribution in [1.82, 2.24) is 4.90 Å². The van der Waals surface area contributed by atoms with Gasteiger partial charge in [0.1, 0.15) is 0 Å². The van der Waals surface area contributed by atoms with Crippen LogP contribution in [-0.2, 0) is 0 Å². The average Bonchev–Trinajstić information content (AvgIpc) is 2.16. The van der Waals surface area contributed by atoms with Crippen LogP contribution in [0.1, 0.15) is 32.1 Å². The van der Waals surface area contributed by atoms with Crippen molar-refractivity contribution in [2.75, 3.05) is 13.1 Å². The summed E-state index contributed by atoms with van der Waals surface area (Å²) in [7, 11) is 0. The molecule has 2 nitrogen and oxygen atoms in total. The van der Waals surface area contributed by atoms with E-state index in [0.717, 1.165) is 19.3 Å². The smallest absolute Gasteiger partial charge is 0.299 e. The van der Waals surface area contributed by atoms with E-state index >= 15 is 0 Å². The first-order valence-corrected chi connectivity index (χ1v) is 5.20. The summed E-state index contributed by atoms with van der Waals surface area (Å²) in [5.74, 6) is 0. The van der Waals surface area contributed by atoms with E-state index in [9.17, 15) is 13.2 Å². The largest absolute Gasteiger partial charge is 0.390 e. The zero-order valence-corrected chi connectivity index (χ0v) is 8.56. The zero-order valence-electron chi connectivity index (χ0n) is 8.56. The Labute approximate surface area is 87.7 Å². The maximum Gasteiger partial charge on any atom is 0.390 e. The van der Waals surface area contributed by atoms with Crippen LogP contribution in [0.4, 0.5) is 13.2 Å². The molecule has 15 heavy (non-hydrogen) atoms. The molecule has 1 unspecified atom stereocenters. The minimum absolute atomic E-state index is 0.0334. The summed E-state index contributed by atoms with van der Waals surface area (Å²) in [6.07, 6.45) is -1.69. The van der Waals surface area contributed by atoms with Crippen molar-refractivity contribution in [3.05, 3.63) is 0 Å². The second-order valence-corrected chi connectivity index (χ2v) is 3.91. The average molecular weight is 220 g/mol. The van der Waals surface area contributed by atoms with Crippen molar-refractivity contribution in [2.45, 2.75) is 44.3 Å². The van der Waals surface area contributed by atoms with Crippen LogP contribution in [0.2, 0.25) is 0 Å². The molecule has 1 rings (SSSR count). The van der Waals surface area contributed by atoms with E-state index in [0.29, 0.717) is 13.0 Å². The third-order valence-electron chi connectivity index (χ3n) is 2.76. The number of alkyl halides is 3. The first-order valence-electron chi connectivity index (χ1n) is 5.20. The van der Waals surface area contributed by atoms with E-state index in [1.54, 1.807) is 4.90 Å². The van der Waals surface area contributed by atoms with E-state index in [-0.39, 0.29) is 12.6 Å². The van der Waals surface area contributed by atoms with E-state index in [4.69, 9.17) is 5.26 Å². The lowest BCUT2D eigenvalue weighted by Gasteiger charge is -2.34. The lowest BCUT2D eigenvalue weighted by atomic mass is 10.00. The van der Waals surface area contributed by atoms with Crippen molar-refractivity contribution in [1.29, 1.82) is 5.26 Å². The lowest BCUT2D eigenvalue weighted by molar-refractivity contribution is -0.139. The number of hydrogen-bond acceptors (Lipinski definition) is 2. The van der Waals surface area contributed by atoms with Crippen LogP contribution in [0.25, 0.3) is 0 Å². The molecule has 0 bridgehead atoms. The Kier molecular flexibility index (Phi) is 4.40. The highest BCUT2D eigenvalue weighted by Crippen LogP contribution is 2.24. The molecular formula is C10H15F3N2. The molecule has 0 aromatic rings. The molecule has 0 aromatic heterocycles. The Morgan fingerprint density at radius 2 is 2.07 bits per heavy atom. The quantitative estimate of drug-likeness (QED) is 0.731. The van der Waals surface area contributed by atoms with E-state index < -0.39 is 12.6 Å². The number of nitrogens with zero attached hydrogens (tertiary/aromatic N) is 2. The molecule has 5 heteroatoms. The molecule has 1 aliphatic rings. The topological polar surface area (TPSA) is 27.0 Å². The maximum absolute atomic E-state index is 12.0. The van der Waals surface area contributed by atoms with Crippen LogP contribution < -0.4 is 0 Å². The highest BCUT2D eigenvalue weighted by atomic mass is 19.4. The lowest BCUT2D eigenvalue weighted by Crippen LogP contribution is -2.41. The number of likely N-dealkylation sites (tertiary alicyclic amines) is 1. The van der Waals surface area contributed by atoms with Crippen LogP contribution in [0.5, 0.6) is 0 Å². The fourth-order valence-electron chi connectivity index (χ4n) is 1.96. The third kappa shape index (κ3) is 4.52. The van der Waals surface area contributed by atoms with Crippen molar-refractivity contribution >= 4 is 0 Å². The fourth-order valence-corrected chi connectivity index (χ4v) is 1.96. The summed E-state index contributed by atoms with van der Waals surface area (Å²) in [4.78, 5) is 1.81. The second-order valence-electron chi connectivity index (χ2n) is 3.91. The van der Waals surface area contributed by atoms with Gasteiger partial charge in [-0.2, -0.15) is 18.4 Å². The van der Waals surface area contributed by atoms with Crippen LogP contribution in [0.3, 0.4) is 0 Å². The molecule has 0 N–H and O–H groups in total. The second kappa shape index (κ2) is 5.36. The predicted octanol–water partition coefficient (Wildman–Crippen LogP) is 2.71. The normalized spacial score (nSPS) is 23.7. The van der Waals surface area contributed by atoms with Gasteiger partial charge < -0.3 is 0 Å². The van der Waals surface area contributed by atoms with Gasteiger partial charge in [-0.05, 0) is 19.4 Å². The Balaban J connectivity index is 2.40. The van der Waals surface area contributed by atoms with Gasteiger partial charge in [0.05, 0.1) is 18.9 Å². The molecule has 1 saturated heterocycles. The van der Waals surface area contributed by atoms with E-state index in [1.165, 1.54) is 0 Å². The van der Waals surface area contributed by atoms with Crippen LogP contribution >= 0.6 is 0 Å². The zero-order chi connectivity index (χ0) is 11.3. The van der Waals surface area contributed by atoms with E-state index in [2.05, 4.69) is 0 Å². The molecule has 0 aromatic carbocycles. The van der Waals surface area contributed by atoms with Gasteiger partial charge in [-0.3, -0.25) is 4.90 Å². The van der Waals surface area contributed by atoms with Gasteiger partial charge in [-0.25, -0.2) is 0 Å². The molecular weight excluding hydrogens is 205 g/mol. The number of rotatable bonds is 3. The summed E-state index contributed by atoms with van der Waals surface area (Å²) in [5.41, 5.74) is 0. The van der Waals surface area contributed by atoms with E-state index in [1.807, 2.05) is 6.07 Å². The van der Waals surface area contributed by atoms with Gasteiger partial charge in [0.2, 0.25) is 0 Å². The Bertz CT molecular complexity index is 232. The Morgan fingerprint density at radius 3 is 2.67 bits per heavy atom. The number of halogens is 3. The summed E-state index contributed by atoms with van der Waals surface area (Å²) in [6, 6.07) is 2.08. The minimum Gasteiger partial charge on any atom is -0.299 e. The predicted molar refractivity (Wildman–Crippen MR) is 50.1 cm³/mol. The number of nitriles is 1. The van der Waals surface area contributed by atoms with Gasteiger partial charge in [0, 0.05) is 12.6 Å². The van der Waals surface area contributed by atoms with Crippen molar-refractivity contribution < 1.29 is 13.2 Å². The minimum atomic E-state index is -4.09. The number of piperidine rings is 1. The summed E-state index contributed by atoms with van der Waals surface area (Å²) >= 11 is 0. The molecule has 0 aliphatic carbocycles. The summed E-state index contributed by atoms with van der Waals surface area (Å²) < 4.78 is 36.1. The van der Waals surface area contributed by atoms with Gasteiger partial charge in [0.25, 0.3) is 0 Å². The maximum atomic E-state index is 12.0. The van der Waals surface area contributed by atoms with Crippen LogP contribution in [0, 0.1) is 11.3 Å². The highest BCUT2D eigenvalue weighted by Gasteiger charge is 2.30. The van der Waals surface area contributed by atoms with Crippen LogP contribution in [-0.4, -0.2) is 30.2 Å². The molecule has 1 fully saturated rings. The molecule has 1 aliphatic heterocycles. The SMILES string of the molecule is N#CCC1CCCCN1CCC(F)(F)F. The molecule has 0 spiro atoms. The standard InChI is InChI=1S/C10H15F3N2/c11-10(12,13)5-8-15-7-2-1-3-9(15)4-6-14/h9H,1-5,7-8H2. The monoisotopic (exact) mass is 220 g/mol. The van der Waals surface area contributed by atoms with Crippen LogP contribution in [0.15, 0.2) is 0 Å². The van der Waals surface area contributed by atoms with Crippen molar-refractivity contribution in [3.63, 3.8) is 0 Å². The van der Waals surface area contributed by atoms with Crippen molar-refractivity contribution in [3.8, 4) is 6.07 Å². The first-order chi connectivity index (χ1) is 7.03. The Morgan fingerprint density at radius 1 is 1.33 bits per heavy atom. The Hall–Kier alpha value is -0.760. The molecule has 0 amide bonds. The van der Waals surface area contributed by atoms with Gasteiger partial charge in [-0.1, -0.05) is 6.42 Å². The highest BCUT2D eigenvalue weighted by molar-refractivity contribution is 4.85. The summed E-state index contributed by atoms with van der Waals surface area (Å²) in [5, 5.41) is 8.57. The molecule has 0 radical (unpaired) electrons.